The Hall–Kier alpha value is -0.120. The predicted octanol–water partition coefficient (Wildman–Crippen LogP) is 3.15. The van der Waals surface area contributed by atoms with Crippen LogP contribution in [0.15, 0.2) is 0 Å². The van der Waals surface area contributed by atoms with E-state index in [9.17, 15) is 5.11 Å². The third-order valence-electron chi connectivity index (χ3n) is 5.96. The first kappa shape index (κ1) is 14.8. The van der Waals surface area contributed by atoms with E-state index in [4.69, 9.17) is 9.47 Å². The second kappa shape index (κ2) is 6.33. The van der Waals surface area contributed by atoms with Gasteiger partial charge in [-0.25, -0.2) is 0 Å². The van der Waals surface area contributed by atoms with Gasteiger partial charge in [0, 0.05) is 19.6 Å². The molecule has 5 atom stereocenters. The van der Waals surface area contributed by atoms with Crippen LogP contribution < -0.4 is 0 Å². The molecule has 0 amide bonds. The molecule has 0 aromatic carbocycles. The number of rotatable bonds is 3. The molecule has 0 bridgehead atoms. The minimum Gasteiger partial charge on any atom is -0.393 e. The Balaban J connectivity index is 1.59. The van der Waals surface area contributed by atoms with Crippen molar-refractivity contribution >= 4 is 0 Å². The van der Waals surface area contributed by atoms with Crippen LogP contribution in [0.5, 0.6) is 0 Å². The van der Waals surface area contributed by atoms with E-state index in [1.807, 2.05) is 0 Å². The SMILES string of the molecule is CCC1CCCC(C(O)C2CCOC3(CCOC3)C2)C1. The standard InChI is InChI=1S/C17H30O3/c1-2-13-4-3-5-14(10-13)16(18)15-6-8-20-17(11-15)7-9-19-12-17/h13-16,18H,2-12H2,1H3. The molecule has 1 saturated carbocycles. The van der Waals surface area contributed by atoms with Crippen molar-refractivity contribution in [3.63, 3.8) is 0 Å². The zero-order valence-electron chi connectivity index (χ0n) is 12.9. The maximum atomic E-state index is 10.9. The first-order valence-corrected chi connectivity index (χ1v) is 8.62. The van der Waals surface area contributed by atoms with E-state index < -0.39 is 0 Å². The summed E-state index contributed by atoms with van der Waals surface area (Å²) in [5.74, 6) is 1.79. The van der Waals surface area contributed by atoms with Crippen LogP contribution in [0, 0.1) is 17.8 Å². The summed E-state index contributed by atoms with van der Waals surface area (Å²) in [6, 6.07) is 0. The molecule has 0 aromatic heterocycles. The Labute approximate surface area is 123 Å². The summed E-state index contributed by atoms with van der Waals surface area (Å²) >= 11 is 0. The Morgan fingerprint density at radius 2 is 2.10 bits per heavy atom. The zero-order valence-corrected chi connectivity index (χ0v) is 12.9. The van der Waals surface area contributed by atoms with Crippen LogP contribution in [0.25, 0.3) is 0 Å². The molecule has 20 heavy (non-hydrogen) atoms. The predicted molar refractivity (Wildman–Crippen MR) is 78.6 cm³/mol. The van der Waals surface area contributed by atoms with Gasteiger partial charge in [0.05, 0.1) is 18.3 Å². The molecule has 3 aliphatic rings. The third kappa shape index (κ3) is 3.05. The van der Waals surface area contributed by atoms with E-state index in [0.717, 1.165) is 45.0 Å². The Morgan fingerprint density at radius 3 is 2.85 bits per heavy atom. The third-order valence-corrected chi connectivity index (χ3v) is 5.96. The van der Waals surface area contributed by atoms with E-state index in [0.29, 0.717) is 11.8 Å². The average Bonchev–Trinajstić information content (AvgIpc) is 2.94. The lowest BCUT2D eigenvalue weighted by Gasteiger charge is -2.42. The Morgan fingerprint density at radius 1 is 1.20 bits per heavy atom. The van der Waals surface area contributed by atoms with Crippen molar-refractivity contribution in [3.05, 3.63) is 0 Å². The highest BCUT2D eigenvalue weighted by Crippen LogP contribution is 2.41. The van der Waals surface area contributed by atoms with E-state index in [2.05, 4.69) is 6.92 Å². The summed E-state index contributed by atoms with van der Waals surface area (Å²) in [6.07, 6.45) is 9.32. The molecule has 1 spiro atoms. The minimum atomic E-state index is -0.120. The average molecular weight is 282 g/mol. The van der Waals surface area contributed by atoms with Crippen molar-refractivity contribution in [2.24, 2.45) is 17.8 Å². The van der Waals surface area contributed by atoms with Gasteiger partial charge in [-0.05, 0) is 43.4 Å². The summed E-state index contributed by atoms with van der Waals surface area (Å²) in [6.45, 7) is 4.65. The normalized spacial score (nSPS) is 43.8. The fourth-order valence-corrected chi connectivity index (χ4v) is 4.62. The maximum absolute atomic E-state index is 10.9. The summed E-state index contributed by atoms with van der Waals surface area (Å²) in [5.41, 5.74) is -0.0667. The lowest BCUT2D eigenvalue weighted by Crippen LogP contribution is -2.45. The highest BCUT2D eigenvalue weighted by molar-refractivity contribution is 4.94. The van der Waals surface area contributed by atoms with Crippen LogP contribution in [0.1, 0.15) is 58.3 Å². The molecule has 2 aliphatic heterocycles. The maximum Gasteiger partial charge on any atom is 0.0940 e. The van der Waals surface area contributed by atoms with Gasteiger partial charge in [0.15, 0.2) is 0 Å². The fraction of sp³-hybridized carbons (Fsp3) is 1.00. The van der Waals surface area contributed by atoms with Gasteiger partial charge in [-0.3, -0.25) is 0 Å². The molecular weight excluding hydrogens is 252 g/mol. The zero-order chi connectivity index (χ0) is 14.0. The number of hydrogen-bond acceptors (Lipinski definition) is 3. The van der Waals surface area contributed by atoms with Crippen LogP contribution in [0.2, 0.25) is 0 Å². The molecule has 3 fully saturated rings. The van der Waals surface area contributed by atoms with Gasteiger partial charge < -0.3 is 14.6 Å². The molecule has 116 valence electrons. The van der Waals surface area contributed by atoms with Crippen LogP contribution in [-0.4, -0.2) is 36.6 Å². The van der Waals surface area contributed by atoms with Crippen LogP contribution in [-0.2, 0) is 9.47 Å². The molecule has 1 aliphatic carbocycles. The van der Waals surface area contributed by atoms with Gasteiger partial charge in [-0.1, -0.05) is 26.2 Å². The van der Waals surface area contributed by atoms with Crippen LogP contribution in [0.4, 0.5) is 0 Å². The molecular formula is C17H30O3. The molecule has 5 unspecified atom stereocenters. The van der Waals surface area contributed by atoms with Gasteiger partial charge in [0.1, 0.15) is 0 Å². The number of hydrogen-bond donors (Lipinski definition) is 1. The highest BCUT2D eigenvalue weighted by atomic mass is 16.6. The van der Waals surface area contributed by atoms with E-state index in [-0.39, 0.29) is 11.7 Å². The van der Waals surface area contributed by atoms with Crippen molar-refractivity contribution in [2.75, 3.05) is 19.8 Å². The van der Waals surface area contributed by atoms with Gasteiger partial charge in [0.25, 0.3) is 0 Å². The smallest absolute Gasteiger partial charge is 0.0940 e. The second-order valence-electron chi connectivity index (χ2n) is 7.28. The first-order valence-electron chi connectivity index (χ1n) is 8.62. The van der Waals surface area contributed by atoms with Crippen molar-refractivity contribution in [2.45, 2.75) is 70.0 Å². The highest BCUT2D eigenvalue weighted by Gasteiger charge is 2.44. The Kier molecular flexibility index (Phi) is 4.68. The summed E-state index contributed by atoms with van der Waals surface area (Å²) in [4.78, 5) is 0. The largest absolute Gasteiger partial charge is 0.393 e. The lowest BCUT2D eigenvalue weighted by molar-refractivity contribution is -0.126. The van der Waals surface area contributed by atoms with Crippen molar-refractivity contribution in [1.82, 2.24) is 0 Å². The molecule has 2 heterocycles. The van der Waals surface area contributed by atoms with Crippen molar-refractivity contribution < 1.29 is 14.6 Å². The topological polar surface area (TPSA) is 38.7 Å². The summed E-state index contributed by atoms with van der Waals surface area (Å²) < 4.78 is 11.5. The van der Waals surface area contributed by atoms with E-state index in [1.54, 1.807) is 0 Å². The minimum absolute atomic E-state index is 0.0667. The summed E-state index contributed by atoms with van der Waals surface area (Å²) in [7, 11) is 0. The van der Waals surface area contributed by atoms with E-state index >= 15 is 0 Å². The molecule has 2 saturated heterocycles. The molecule has 3 rings (SSSR count). The second-order valence-corrected chi connectivity index (χ2v) is 7.28. The number of ether oxygens (including phenoxy) is 2. The molecule has 0 aromatic rings. The number of aliphatic hydroxyl groups is 1. The van der Waals surface area contributed by atoms with Gasteiger partial charge >= 0.3 is 0 Å². The summed E-state index contributed by atoms with van der Waals surface area (Å²) in [5, 5.41) is 10.9. The molecule has 3 nitrogen and oxygen atoms in total. The van der Waals surface area contributed by atoms with Gasteiger partial charge in [-0.15, -0.1) is 0 Å². The quantitative estimate of drug-likeness (QED) is 0.864. The fourth-order valence-electron chi connectivity index (χ4n) is 4.62. The van der Waals surface area contributed by atoms with Gasteiger partial charge in [0.2, 0.25) is 0 Å². The first-order chi connectivity index (χ1) is 9.72. The van der Waals surface area contributed by atoms with Crippen LogP contribution >= 0.6 is 0 Å². The lowest BCUT2D eigenvalue weighted by atomic mass is 9.71. The van der Waals surface area contributed by atoms with Crippen molar-refractivity contribution in [3.8, 4) is 0 Å². The van der Waals surface area contributed by atoms with Crippen molar-refractivity contribution in [1.29, 1.82) is 0 Å². The molecule has 1 N–H and O–H groups in total. The van der Waals surface area contributed by atoms with E-state index in [1.165, 1.54) is 32.1 Å². The Bertz CT molecular complexity index is 311. The molecule has 3 heteroatoms. The number of aliphatic hydroxyl groups excluding tert-OH is 1. The molecule has 0 radical (unpaired) electrons. The van der Waals surface area contributed by atoms with Gasteiger partial charge in [-0.2, -0.15) is 0 Å². The monoisotopic (exact) mass is 282 g/mol. The van der Waals surface area contributed by atoms with Crippen LogP contribution in [0.3, 0.4) is 0 Å².